The van der Waals surface area contributed by atoms with Crippen molar-refractivity contribution in [2.45, 2.75) is 39.1 Å². The van der Waals surface area contributed by atoms with Gasteiger partial charge in [0.15, 0.2) is 0 Å². The van der Waals surface area contributed by atoms with Crippen molar-refractivity contribution < 1.29 is 32.0 Å². The quantitative estimate of drug-likeness (QED) is 0.335. The number of halogens is 3. The Morgan fingerprint density at radius 3 is 2.23 bits per heavy atom. The van der Waals surface area contributed by atoms with Crippen molar-refractivity contribution >= 4 is 19.1 Å². The lowest BCUT2D eigenvalue weighted by Gasteiger charge is -2.24. The van der Waals surface area contributed by atoms with E-state index in [1.807, 2.05) is 0 Å². The molecule has 0 aliphatic rings. The predicted octanol–water partition coefficient (Wildman–Crippen LogP) is 3.35. The van der Waals surface area contributed by atoms with E-state index in [4.69, 9.17) is 9.47 Å². The number of carbonyl (C=O) groups excluding carboxylic acids is 1. The molecule has 148 valence electrons. The third-order valence-corrected chi connectivity index (χ3v) is 4.91. The summed E-state index contributed by atoms with van der Waals surface area (Å²) in [5.41, 5.74) is 2.02. The van der Waals surface area contributed by atoms with Crippen LogP contribution in [0.4, 0.5) is 18.9 Å². The maximum absolute atomic E-state index is 12.8. The normalized spacial score (nSPS) is 15.4. The zero-order chi connectivity index (χ0) is 20.0. The molecular formula is C15H23F3N3O4P. The van der Waals surface area contributed by atoms with Crippen LogP contribution in [0.1, 0.15) is 26.3 Å². The Morgan fingerprint density at radius 2 is 1.77 bits per heavy atom. The first-order chi connectivity index (χ1) is 12.0. The number of hydrogen-bond donors (Lipinski definition) is 3. The van der Waals surface area contributed by atoms with Crippen LogP contribution in [0.2, 0.25) is 0 Å². The van der Waals surface area contributed by atoms with Gasteiger partial charge in [-0.2, -0.15) is 18.4 Å². The van der Waals surface area contributed by atoms with Crippen molar-refractivity contribution in [3.8, 4) is 0 Å². The molecule has 0 amide bonds. The Hall–Kier alpha value is -1.61. The summed E-state index contributed by atoms with van der Waals surface area (Å²) in [5.74, 6) is -0.590. The fourth-order valence-electron chi connectivity index (χ4n) is 1.88. The zero-order valence-corrected chi connectivity index (χ0v) is 15.8. The minimum Gasteiger partial charge on any atom is -0.462 e. The van der Waals surface area contributed by atoms with Crippen LogP contribution < -0.4 is 15.7 Å². The summed E-state index contributed by atoms with van der Waals surface area (Å²) in [6.07, 6.45) is -5.03. The minimum atomic E-state index is -4.44. The third kappa shape index (κ3) is 7.33. The van der Waals surface area contributed by atoms with E-state index in [1.165, 1.54) is 26.2 Å². The number of rotatable bonds is 9. The van der Waals surface area contributed by atoms with E-state index in [2.05, 4.69) is 15.7 Å². The van der Waals surface area contributed by atoms with Gasteiger partial charge >= 0.3 is 12.1 Å². The number of methoxy groups -OCH3 is 1. The van der Waals surface area contributed by atoms with Crippen LogP contribution in [-0.4, -0.2) is 31.6 Å². The Morgan fingerprint density at radius 1 is 1.19 bits per heavy atom. The number of hydrazine groups is 1. The second-order valence-corrected chi connectivity index (χ2v) is 8.03. The van der Waals surface area contributed by atoms with Crippen molar-refractivity contribution in [1.82, 2.24) is 10.3 Å². The van der Waals surface area contributed by atoms with E-state index in [-0.39, 0.29) is 18.1 Å². The molecule has 0 aliphatic carbocycles. The fraction of sp³-hybridized carbons (Fsp3) is 0.533. The molecule has 1 aromatic rings. The van der Waals surface area contributed by atoms with Crippen LogP contribution in [-0.2, 0) is 25.0 Å². The third-order valence-electron chi connectivity index (χ3n) is 3.01. The molecule has 3 N–H and O–H groups in total. The van der Waals surface area contributed by atoms with Gasteiger partial charge in [0, 0.05) is 12.8 Å². The molecule has 0 radical (unpaired) electrons. The summed E-state index contributed by atoms with van der Waals surface area (Å²) in [5, 5.41) is 5.10. The maximum Gasteiger partial charge on any atom is 0.416 e. The highest BCUT2D eigenvalue weighted by Gasteiger charge is 2.30. The SMILES string of the molecule is COCP(=O)(NNc1ccc(C(F)(F)F)cc1)N[C@@H](C)C(=O)OC(C)C. The van der Waals surface area contributed by atoms with Gasteiger partial charge in [-0.3, -0.25) is 9.36 Å². The first kappa shape index (κ1) is 22.4. The highest BCUT2D eigenvalue weighted by molar-refractivity contribution is 7.59. The lowest BCUT2D eigenvalue weighted by molar-refractivity contribution is -0.149. The van der Waals surface area contributed by atoms with Crippen LogP contribution in [0.15, 0.2) is 24.3 Å². The molecule has 0 aliphatic heterocycles. The molecule has 1 aromatic carbocycles. The summed E-state index contributed by atoms with van der Waals surface area (Å²) in [4.78, 5) is 11.8. The van der Waals surface area contributed by atoms with Gasteiger partial charge in [0.2, 0.25) is 0 Å². The fourth-order valence-corrected chi connectivity index (χ4v) is 3.49. The Balaban J connectivity index is 2.74. The number of carbonyl (C=O) groups is 1. The lowest BCUT2D eigenvalue weighted by atomic mass is 10.2. The summed E-state index contributed by atoms with van der Waals surface area (Å²) >= 11 is 0. The molecule has 0 fully saturated rings. The molecular weight excluding hydrogens is 374 g/mol. The van der Waals surface area contributed by atoms with Crippen LogP contribution >= 0.6 is 7.44 Å². The van der Waals surface area contributed by atoms with E-state index in [9.17, 15) is 22.5 Å². The van der Waals surface area contributed by atoms with Crippen molar-refractivity contribution in [3.05, 3.63) is 29.8 Å². The summed E-state index contributed by atoms with van der Waals surface area (Å²) < 4.78 is 60.4. The number of nitrogens with one attached hydrogen (secondary N) is 3. The average molecular weight is 397 g/mol. The number of esters is 1. The van der Waals surface area contributed by atoms with E-state index in [0.29, 0.717) is 0 Å². The summed E-state index contributed by atoms with van der Waals surface area (Å²) in [7, 11) is -2.11. The second kappa shape index (κ2) is 9.36. The Kier molecular flexibility index (Phi) is 8.08. The van der Waals surface area contributed by atoms with E-state index in [1.54, 1.807) is 13.8 Å². The first-order valence-electron chi connectivity index (χ1n) is 7.73. The lowest BCUT2D eigenvalue weighted by Crippen LogP contribution is -2.40. The molecule has 1 unspecified atom stereocenters. The van der Waals surface area contributed by atoms with Crippen LogP contribution in [0.5, 0.6) is 0 Å². The smallest absolute Gasteiger partial charge is 0.416 e. The van der Waals surface area contributed by atoms with Crippen LogP contribution in [0.25, 0.3) is 0 Å². The van der Waals surface area contributed by atoms with Gasteiger partial charge in [-0.15, -0.1) is 0 Å². The van der Waals surface area contributed by atoms with Crippen molar-refractivity contribution in [2.24, 2.45) is 0 Å². The van der Waals surface area contributed by atoms with Gasteiger partial charge in [-0.05, 0) is 45.0 Å². The van der Waals surface area contributed by atoms with Crippen molar-refractivity contribution in [2.75, 3.05) is 18.9 Å². The monoisotopic (exact) mass is 397 g/mol. The maximum atomic E-state index is 12.8. The van der Waals surface area contributed by atoms with E-state index in [0.717, 1.165) is 12.1 Å². The Labute approximate surface area is 150 Å². The molecule has 0 saturated heterocycles. The molecule has 0 aromatic heterocycles. The Bertz CT molecular complexity index is 638. The molecule has 0 saturated carbocycles. The van der Waals surface area contributed by atoms with Gasteiger partial charge in [0.05, 0.1) is 11.7 Å². The topological polar surface area (TPSA) is 88.7 Å². The van der Waals surface area contributed by atoms with Crippen LogP contribution in [0.3, 0.4) is 0 Å². The van der Waals surface area contributed by atoms with Crippen molar-refractivity contribution in [3.63, 3.8) is 0 Å². The number of anilines is 1. The number of alkyl halides is 3. The average Bonchev–Trinajstić information content (AvgIpc) is 2.52. The predicted molar refractivity (Wildman–Crippen MR) is 91.5 cm³/mol. The molecule has 0 heterocycles. The van der Waals surface area contributed by atoms with Crippen molar-refractivity contribution in [1.29, 1.82) is 0 Å². The van der Waals surface area contributed by atoms with Gasteiger partial charge < -0.3 is 14.9 Å². The highest BCUT2D eigenvalue weighted by Crippen LogP contribution is 2.36. The molecule has 0 bridgehead atoms. The number of benzene rings is 1. The van der Waals surface area contributed by atoms with Gasteiger partial charge in [-0.1, -0.05) is 0 Å². The molecule has 11 heteroatoms. The molecule has 2 atom stereocenters. The van der Waals surface area contributed by atoms with Gasteiger partial charge in [0.1, 0.15) is 12.4 Å². The number of hydrogen-bond acceptors (Lipinski definition) is 5. The van der Waals surface area contributed by atoms with E-state index >= 15 is 0 Å². The summed E-state index contributed by atoms with van der Waals surface area (Å²) in [6.45, 7) is 4.85. The molecule has 26 heavy (non-hydrogen) atoms. The van der Waals surface area contributed by atoms with Crippen LogP contribution in [0, 0.1) is 0 Å². The number of ether oxygens (including phenoxy) is 2. The zero-order valence-electron chi connectivity index (χ0n) is 14.9. The summed E-state index contributed by atoms with van der Waals surface area (Å²) in [6, 6.07) is 3.26. The van der Waals surface area contributed by atoms with Gasteiger partial charge in [0.25, 0.3) is 7.44 Å². The largest absolute Gasteiger partial charge is 0.462 e. The second-order valence-electron chi connectivity index (χ2n) is 5.81. The van der Waals surface area contributed by atoms with Gasteiger partial charge in [-0.25, -0.2) is 5.09 Å². The van der Waals surface area contributed by atoms with E-state index < -0.39 is 31.2 Å². The molecule has 7 nitrogen and oxygen atoms in total. The first-order valence-corrected chi connectivity index (χ1v) is 9.63. The standard InChI is InChI=1S/C15H23F3N3O4P/c1-10(2)25-14(22)11(3)20-26(23,9-24-4)21-19-13-7-5-12(6-8-13)15(16,17)18/h5-8,10-11,19H,9H2,1-4H3,(H2,20,21,23)/t11-,26?/m0/s1. The molecule has 1 rings (SSSR count). The minimum absolute atomic E-state index is 0.258. The molecule has 0 spiro atoms. The highest BCUT2D eigenvalue weighted by atomic mass is 31.2.